The van der Waals surface area contributed by atoms with Gasteiger partial charge in [-0.3, -0.25) is 9.59 Å². The van der Waals surface area contributed by atoms with Gasteiger partial charge in [-0.05, 0) is 20.8 Å². The molecular formula is C12H20F3NO4. The Morgan fingerprint density at radius 3 is 2.10 bits per heavy atom. The smallest absolute Gasteiger partial charge is 0.406 e. The third kappa shape index (κ3) is 9.60. The third-order valence-corrected chi connectivity index (χ3v) is 2.17. The number of alkyl halides is 3. The van der Waals surface area contributed by atoms with Crippen molar-refractivity contribution in [1.29, 1.82) is 0 Å². The highest BCUT2D eigenvalue weighted by Crippen LogP contribution is 2.17. The van der Waals surface area contributed by atoms with Crippen LogP contribution in [0.25, 0.3) is 0 Å². The van der Waals surface area contributed by atoms with Crippen LogP contribution in [0.3, 0.4) is 0 Å². The van der Waals surface area contributed by atoms with Crippen molar-refractivity contribution in [2.45, 2.75) is 39.0 Å². The second-order valence-electron chi connectivity index (χ2n) is 5.16. The molecule has 0 aromatic rings. The number of halogens is 3. The minimum Gasteiger partial charge on any atom is -0.469 e. The van der Waals surface area contributed by atoms with E-state index >= 15 is 0 Å². The Hall–Kier alpha value is -1.31. The zero-order chi connectivity index (χ0) is 16.0. The molecule has 20 heavy (non-hydrogen) atoms. The first-order valence-electron chi connectivity index (χ1n) is 6.00. The summed E-state index contributed by atoms with van der Waals surface area (Å²) in [6.45, 7) is 2.80. The minimum atomic E-state index is -4.53. The average molecular weight is 299 g/mol. The van der Waals surface area contributed by atoms with Gasteiger partial charge < -0.3 is 14.4 Å². The first-order valence-corrected chi connectivity index (χ1v) is 6.00. The Morgan fingerprint density at radius 1 is 1.15 bits per heavy atom. The van der Waals surface area contributed by atoms with E-state index in [1.54, 1.807) is 20.8 Å². The van der Waals surface area contributed by atoms with E-state index in [2.05, 4.69) is 4.74 Å². The monoisotopic (exact) mass is 299 g/mol. The highest BCUT2D eigenvalue weighted by atomic mass is 19.4. The van der Waals surface area contributed by atoms with Gasteiger partial charge in [-0.2, -0.15) is 13.2 Å². The molecule has 0 aromatic heterocycles. The number of amides is 1. The van der Waals surface area contributed by atoms with E-state index in [0.717, 1.165) is 7.11 Å². The van der Waals surface area contributed by atoms with Crippen LogP contribution in [0.4, 0.5) is 13.2 Å². The van der Waals surface area contributed by atoms with E-state index in [0.29, 0.717) is 4.90 Å². The summed E-state index contributed by atoms with van der Waals surface area (Å²) in [6.07, 6.45) is -4.83. The van der Waals surface area contributed by atoms with Gasteiger partial charge in [0.05, 0.1) is 19.1 Å². The first-order chi connectivity index (χ1) is 8.94. The lowest BCUT2D eigenvalue weighted by Crippen LogP contribution is -2.43. The van der Waals surface area contributed by atoms with Crippen LogP contribution < -0.4 is 0 Å². The number of carbonyl (C=O) groups excluding carboxylic acids is 2. The van der Waals surface area contributed by atoms with E-state index < -0.39 is 36.8 Å². The van der Waals surface area contributed by atoms with Gasteiger partial charge in [0, 0.05) is 6.54 Å². The Labute approximate surface area is 116 Å². The fourth-order valence-corrected chi connectivity index (χ4v) is 1.21. The summed E-state index contributed by atoms with van der Waals surface area (Å²) in [5, 5.41) is 0. The summed E-state index contributed by atoms with van der Waals surface area (Å²) in [4.78, 5) is 23.2. The quantitative estimate of drug-likeness (QED) is 0.701. The highest BCUT2D eigenvalue weighted by Gasteiger charge is 2.33. The molecular weight excluding hydrogens is 279 g/mol. The van der Waals surface area contributed by atoms with E-state index in [1.807, 2.05) is 0 Å². The molecule has 1 amide bonds. The van der Waals surface area contributed by atoms with Gasteiger partial charge in [-0.1, -0.05) is 0 Å². The van der Waals surface area contributed by atoms with Crippen molar-refractivity contribution in [1.82, 2.24) is 4.90 Å². The van der Waals surface area contributed by atoms with Crippen molar-refractivity contribution >= 4 is 11.9 Å². The highest BCUT2D eigenvalue weighted by molar-refractivity contribution is 5.78. The number of carbonyl (C=O) groups is 2. The Kier molecular flexibility index (Phi) is 6.98. The average Bonchev–Trinajstić information content (AvgIpc) is 2.28. The molecule has 0 saturated heterocycles. The molecule has 0 unspecified atom stereocenters. The second kappa shape index (κ2) is 7.47. The molecule has 0 rings (SSSR count). The summed E-state index contributed by atoms with van der Waals surface area (Å²) in [7, 11) is 1.13. The van der Waals surface area contributed by atoms with Gasteiger partial charge >= 0.3 is 12.1 Å². The summed E-state index contributed by atoms with van der Waals surface area (Å²) in [5.74, 6) is -1.50. The van der Waals surface area contributed by atoms with Gasteiger partial charge in [0.25, 0.3) is 0 Å². The Bertz CT molecular complexity index is 337. The minimum absolute atomic E-state index is 0.298. The maximum absolute atomic E-state index is 12.4. The Balaban J connectivity index is 4.58. The SMILES string of the molecule is COC(=O)CCN(CC(F)(F)F)C(=O)COC(C)(C)C. The van der Waals surface area contributed by atoms with Gasteiger partial charge in [0.1, 0.15) is 13.2 Å². The molecule has 0 bridgehead atoms. The number of esters is 1. The summed E-state index contributed by atoms with van der Waals surface area (Å²) in [6, 6.07) is 0. The molecule has 0 radical (unpaired) electrons. The first kappa shape index (κ1) is 18.7. The van der Waals surface area contributed by atoms with Crippen LogP contribution in [0, 0.1) is 0 Å². The van der Waals surface area contributed by atoms with E-state index in [-0.39, 0.29) is 13.0 Å². The van der Waals surface area contributed by atoms with Crippen molar-refractivity contribution in [3.8, 4) is 0 Å². The zero-order valence-electron chi connectivity index (χ0n) is 12.0. The maximum atomic E-state index is 12.4. The van der Waals surface area contributed by atoms with Crippen LogP contribution in [0.5, 0.6) is 0 Å². The summed E-state index contributed by atoms with van der Waals surface area (Å²) in [5.41, 5.74) is -0.637. The molecule has 118 valence electrons. The third-order valence-electron chi connectivity index (χ3n) is 2.17. The topological polar surface area (TPSA) is 55.8 Å². The number of nitrogens with zero attached hydrogens (tertiary/aromatic N) is 1. The number of rotatable bonds is 6. The number of hydrogen-bond acceptors (Lipinski definition) is 4. The molecule has 0 atom stereocenters. The van der Waals surface area contributed by atoms with Crippen molar-refractivity contribution in [2.24, 2.45) is 0 Å². The number of hydrogen-bond donors (Lipinski definition) is 0. The largest absolute Gasteiger partial charge is 0.469 e. The van der Waals surface area contributed by atoms with Gasteiger partial charge in [0.15, 0.2) is 0 Å². The van der Waals surface area contributed by atoms with Crippen LogP contribution in [0.15, 0.2) is 0 Å². The fraction of sp³-hybridized carbons (Fsp3) is 0.833. The van der Waals surface area contributed by atoms with Crippen LogP contribution in [-0.4, -0.2) is 55.4 Å². The standard InChI is InChI=1S/C12H20F3NO4/c1-11(2,3)20-7-9(17)16(8-12(13,14)15)6-5-10(18)19-4/h5-8H2,1-4H3. The van der Waals surface area contributed by atoms with Crippen molar-refractivity contribution < 1.29 is 32.2 Å². The lowest BCUT2D eigenvalue weighted by atomic mass is 10.2. The lowest BCUT2D eigenvalue weighted by molar-refractivity contribution is -0.167. The van der Waals surface area contributed by atoms with Crippen LogP contribution in [0.1, 0.15) is 27.2 Å². The second-order valence-corrected chi connectivity index (χ2v) is 5.16. The van der Waals surface area contributed by atoms with Crippen LogP contribution in [-0.2, 0) is 19.1 Å². The van der Waals surface area contributed by atoms with Crippen molar-refractivity contribution in [3.05, 3.63) is 0 Å². The molecule has 0 aromatic carbocycles. The van der Waals surface area contributed by atoms with E-state index in [1.165, 1.54) is 0 Å². The number of methoxy groups -OCH3 is 1. The number of ether oxygens (including phenoxy) is 2. The van der Waals surface area contributed by atoms with Gasteiger partial charge in [0.2, 0.25) is 5.91 Å². The molecule has 0 aliphatic heterocycles. The van der Waals surface area contributed by atoms with Crippen LogP contribution >= 0.6 is 0 Å². The predicted molar refractivity (Wildman–Crippen MR) is 65.0 cm³/mol. The van der Waals surface area contributed by atoms with Crippen LogP contribution in [0.2, 0.25) is 0 Å². The summed E-state index contributed by atoms with van der Waals surface area (Å²) >= 11 is 0. The summed E-state index contributed by atoms with van der Waals surface area (Å²) < 4.78 is 46.7. The van der Waals surface area contributed by atoms with E-state index in [9.17, 15) is 22.8 Å². The lowest BCUT2D eigenvalue weighted by Gasteiger charge is -2.26. The van der Waals surface area contributed by atoms with E-state index in [4.69, 9.17) is 4.74 Å². The molecule has 0 heterocycles. The maximum Gasteiger partial charge on any atom is 0.406 e. The normalized spacial score (nSPS) is 12.2. The molecule has 0 saturated carbocycles. The Morgan fingerprint density at radius 2 is 1.70 bits per heavy atom. The molecule has 5 nitrogen and oxygen atoms in total. The van der Waals surface area contributed by atoms with Gasteiger partial charge in [-0.15, -0.1) is 0 Å². The molecule has 0 fully saturated rings. The molecule has 0 aliphatic carbocycles. The van der Waals surface area contributed by atoms with Crippen molar-refractivity contribution in [2.75, 3.05) is 26.8 Å². The zero-order valence-corrected chi connectivity index (χ0v) is 12.0. The molecule has 8 heteroatoms. The molecule has 0 aliphatic rings. The predicted octanol–water partition coefficient (Wildman–Crippen LogP) is 1.76. The fourth-order valence-electron chi connectivity index (χ4n) is 1.21. The van der Waals surface area contributed by atoms with Gasteiger partial charge in [-0.25, -0.2) is 0 Å². The van der Waals surface area contributed by atoms with Crippen molar-refractivity contribution in [3.63, 3.8) is 0 Å². The molecule has 0 spiro atoms. The molecule has 0 N–H and O–H groups in total.